The summed E-state index contributed by atoms with van der Waals surface area (Å²) in [4.78, 5) is 44.5. The Morgan fingerprint density at radius 1 is 1.24 bits per heavy atom. The number of nitrogens with zero attached hydrogens (tertiary/aromatic N) is 1. The zero-order valence-electron chi connectivity index (χ0n) is 20.6. The Hall–Kier alpha value is -2.96. The monoisotopic (exact) mass is 532 g/mol. The molecule has 12 heteroatoms. The topological polar surface area (TPSA) is 158 Å². The number of H-pyrrole nitrogens is 1. The maximum atomic E-state index is 13.7. The Morgan fingerprint density at radius 3 is 2.76 bits per heavy atom. The van der Waals surface area contributed by atoms with E-state index in [0.717, 1.165) is 30.2 Å². The van der Waals surface area contributed by atoms with Crippen molar-refractivity contribution in [3.8, 4) is 5.75 Å². The van der Waals surface area contributed by atoms with Crippen molar-refractivity contribution in [2.24, 2.45) is 11.8 Å². The van der Waals surface area contributed by atoms with Gasteiger partial charge >= 0.3 is 0 Å². The van der Waals surface area contributed by atoms with E-state index in [2.05, 4.69) is 15.0 Å². The third-order valence-electron chi connectivity index (χ3n) is 8.06. The Labute approximate surface area is 215 Å². The first-order valence-corrected chi connectivity index (χ1v) is 14.2. The number of methoxy groups -OCH3 is 1. The van der Waals surface area contributed by atoms with E-state index in [1.165, 1.54) is 0 Å². The second-order valence-electron chi connectivity index (χ2n) is 10.1. The smallest absolute Gasteiger partial charge is 0.271 e. The van der Waals surface area contributed by atoms with Crippen LogP contribution in [0.25, 0.3) is 10.9 Å². The summed E-state index contributed by atoms with van der Waals surface area (Å²) in [5, 5.41) is 12.1. The van der Waals surface area contributed by atoms with Gasteiger partial charge in [0.1, 0.15) is 24.1 Å². The maximum absolute atomic E-state index is 13.7. The lowest BCUT2D eigenvalue weighted by molar-refractivity contribution is -0.132. The second kappa shape index (κ2) is 10.1. The number of rotatable bonds is 8. The number of Topliss-reactive ketones (excluding diaryl/α,β-unsaturated/α-hetero) is 1. The number of aliphatic hydroxyl groups is 1. The van der Waals surface area contributed by atoms with Gasteiger partial charge < -0.3 is 25.0 Å². The number of carbonyl (C=O) groups excluding carboxylic acids is 3. The van der Waals surface area contributed by atoms with Gasteiger partial charge in [-0.3, -0.25) is 14.4 Å². The molecular formula is C25H32N4O7S. The van der Waals surface area contributed by atoms with E-state index in [4.69, 9.17) is 4.74 Å². The first-order valence-electron chi connectivity index (χ1n) is 12.6. The molecule has 3 fully saturated rings. The fourth-order valence-electron chi connectivity index (χ4n) is 6.21. The van der Waals surface area contributed by atoms with Crippen LogP contribution in [0.5, 0.6) is 5.75 Å². The number of hydrogen-bond acceptors (Lipinski definition) is 7. The van der Waals surface area contributed by atoms with Crippen LogP contribution in [0.2, 0.25) is 0 Å². The molecule has 2 saturated heterocycles. The quantitative estimate of drug-likeness (QED) is 0.386. The average Bonchev–Trinajstić information content (AvgIpc) is 3.65. The fourth-order valence-corrected chi connectivity index (χ4v) is 7.72. The molecule has 11 nitrogen and oxygen atoms in total. The molecule has 3 aliphatic rings. The molecule has 37 heavy (non-hydrogen) atoms. The largest absolute Gasteiger partial charge is 0.496 e. The molecular weight excluding hydrogens is 500 g/mol. The number of aromatic amines is 1. The number of ketones is 1. The average molecular weight is 533 g/mol. The molecule has 2 aliphatic heterocycles. The standard InChI is InChI=1S/C25H32N4O7S/c1-36-22-7-3-6-18-17(22)11-20(27-18)25(33)29-12-14-4-2-5-16(14)23(29)24(32)28-19(21(31)13-30)10-15-8-9-26-37(15,34)35/h3,6-7,11,14-16,19,23,26-27,30H,2,4-5,8-10,12-13H2,1H3,(H,28,32). The lowest BCUT2D eigenvalue weighted by Crippen LogP contribution is -2.54. The molecule has 0 bridgehead atoms. The van der Waals surface area contributed by atoms with Crippen LogP contribution >= 0.6 is 0 Å². The van der Waals surface area contributed by atoms with E-state index in [-0.39, 0.29) is 30.7 Å². The minimum absolute atomic E-state index is 0.0513. The maximum Gasteiger partial charge on any atom is 0.271 e. The van der Waals surface area contributed by atoms with Crippen LogP contribution in [0, 0.1) is 11.8 Å². The van der Waals surface area contributed by atoms with Gasteiger partial charge in [0.25, 0.3) is 5.91 Å². The van der Waals surface area contributed by atoms with Crippen molar-refractivity contribution < 1.29 is 32.6 Å². The van der Waals surface area contributed by atoms with E-state index in [9.17, 15) is 27.9 Å². The molecule has 2 aromatic rings. The molecule has 200 valence electrons. The summed E-state index contributed by atoms with van der Waals surface area (Å²) in [6.07, 6.45) is 2.83. The van der Waals surface area contributed by atoms with E-state index in [1.807, 2.05) is 12.1 Å². The van der Waals surface area contributed by atoms with Crippen LogP contribution in [0.1, 0.15) is 42.6 Å². The van der Waals surface area contributed by atoms with Crippen LogP contribution in [0.4, 0.5) is 0 Å². The molecule has 1 aliphatic carbocycles. The lowest BCUT2D eigenvalue weighted by atomic mass is 9.93. The van der Waals surface area contributed by atoms with Crippen molar-refractivity contribution >= 4 is 38.5 Å². The molecule has 5 rings (SSSR count). The summed E-state index contributed by atoms with van der Waals surface area (Å²) >= 11 is 0. The number of ether oxygens (including phenoxy) is 1. The number of carbonyl (C=O) groups is 3. The minimum atomic E-state index is -3.59. The number of benzene rings is 1. The Balaban J connectivity index is 1.40. The first kappa shape index (κ1) is 25.7. The van der Waals surface area contributed by atoms with Crippen LogP contribution in [-0.2, 0) is 19.6 Å². The highest BCUT2D eigenvalue weighted by molar-refractivity contribution is 7.90. The predicted octanol–water partition coefficient (Wildman–Crippen LogP) is 0.545. The normalized spacial score (nSPS) is 27.2. The summed E-state index contributed by atoms with van der Waals surface area (Å²) in [6, 6.07) is 5.23. The summed E-state index contributed by atoms with van der Waals surface area (Å²) in [5.74, 6) is -0.722. The highest BCUT2D eigenvalue weighted by Gasteiger charge is 2.50. The minimum Gasteiger partial charge on any atom is -0.496 e. The molecule has 2 amide bonds. The highest BCUT2D eigenvalue weighted by atomic mass is 32.2. The summed E-state index contributed by atoms with van der Waals surface area (Å²) in [7, 11) is -2.03. The van der Waals surface area contributed by atoms with Crippen LogP contribution in [-0.4, -0.2) is 85.1 Å². The zero-order valence-corrected chi connectivity index (χ0v) is 21.4. The summed E-state index contributed by atoms with van der Waals surface area (Å²) in [6.45, 7) is -0.125. The number of aliphatic hydroxyl groups excluding tert-OH is 1. The Morgan fingerprint density at radius 2 is 2.05 bits per heavy atom. The molecule has 1 aromatic carbocycles. The highest BCUT2D eigenvalue weighted by Crippen LogP contribution is 2.43. The molecule has 0 radical (unpaired) electrons. The van der Waals surface area contributed by atoms with Gasteiger partial charge in [-0.15, -0.1) is 0 Å². The lowest BCUT2D eigenvalue weighted by Gasteiger charge is -2.29. The number of likely N-dealkylation sites (tertiary alicyclic amines) is 1. The van der Waals surface area contributed by atoms with Crippen molar-refractivity contribution in [2.75, 3.05) is 26.8 Å². The van der Waals surface area contributed by atoms with Crippen LogP contribution in [0.3, 0.4) is 0 Å². The molecule has 5 unspecified atom stereocenters. The van der Waals surface area contributed by atoms with E-state index >= 15 is 0 Å². The van der Waals surface area contributed by atoms with Gasteiger partial charge in [0.2, 0.25) is 15.9 Å². The number of nitrogens with one attached hydrogen (secondary N) is 3. The molecule has 0 spiro atoms. The Bertz CT molecular complexity index is 1320. The van der Waals surface area contributed by atoms with E-state index in [0.29, 0.717) is 24.4 Å². The van der Waals surface area contributed by atoms with Gasteiger partial charge in [-0.25, -0.2) is 13.1 Å². The SMILES string of the molecule is COc1cccc2[nH]c(C(=O)N3CC4CCCC4C3C(=O)NC(CC3CCNS3(=O)=O)C(=O)CO)cc12. The third kappa shape index (κ3) is 4.73. The number of fused-ring (bicyclic) bond motifs is 2. The van der Waals surface area contributed by atoms with Gasteiger partial charge in [0.05, 0.1) is 18.4 Å². The number of amides is 2. The first-order chi connectivity index (χ1) is 17.7. The van der Waals surface area contributed by atoms with Crippen molar-refractivity contribution in [1.29, 1.82) is 0 Å². The summed E-state index contributed by atoms with van der Waals surface area (Å²) in [5.41, 5.74) is 1.08. The zero-order chi connectivity index (χ0) is 26.3. The van der Waals surface area contributed by atoms with E-state index in [1.54, 1.807) is 24.1 Å². The van der Waals surface area contributed by atoms with Gasteiger partial charge in [-0.2, -0.15) is 0 Å². The molecule has 5 atom stereocenters. The predicted molar refractivity (Wildman–Crippen MR) is 134 cm³/mol. The van der Waals surface area contributed by atoms with Crippen molar-refractivity contribution in [1.82, 2.24) is 19.9 Å². The van der Waals surface area contributed by atoms with Crippen molar-refractivity contribution in [3.63, 3.8) is 0 Å². The van der Waals surface area contributed by atoms with Gasteiger partial charge in [-0.05, 0) is 55.7 Å². The Kier molecular flexibility index (Phi) is 6.99. The number of aromatic nitrogens is 1. The van der Waals surface area contributed by atoms with E-state index < -0.39 is 45.7 Å². The van der Waals surface area contributed by atoms with Gasteiger partial charge in [0.15, 0.2) is 5.78 Å². The van der Waals surface area contributed by atoms with Crippen LogP contribution < -0.4 is 14.8 Å². The second-order valence-corrected chi connectivity index (χ2v) is 12.2. The summed E-state index contributed by atoms with van der Waals surface area (Å²) < 4.78 is 32.3. The number of hydrogen-bond donors (Lipinski definition) is 4. The van der Waals surface area contributed by atoms with Crippen molar-refractivity contribution in [2.45, 2.75) is 49.4 Å². The molecule has 1 aromatic heterocycles. The molecule has 4 N–H and O–H groups in total. The fraction of sp³-hybridized carbons (Fsp3) is 0.560. The van der Waals surface area contributed by atoms with Gasteiger partial charge in [0, 0.05) is 24.0 Å². The number of sulfonamides is 1. The van der Waals surface area contributed by atoms with Gasteiger partial charge in [-0.1, -0.05) is 12.5 Å². The van der Waals surface area contributed by atoms with Crippen LogP contribution in [0.15, 0.2) is 24.3 Å². The molecule has 1 saturated carbocycles. The third-order valence-corrected chi connectivity index (χ3v) is 9.97. The molecule has 3 heterocycles. The van der Waals surface area contributed by atoms with Crippen molar-refractivity contribution in [3.05, 3.63) is 30.0 Å².